The Morgan fingerprint density at radius 3 is 2.53 bits per heavy atom. The van der Waals surface area contributed by atoms with Crippen molar-refractivity contribution < 1.29 is 4.74 Å². The fourth-order valence-corrected chi connectivity index (χ4v) is 2.67. The van der Waals surface area contributed by atoms with Gasteiger partial charge in [0.25, 0.3) is 0 Å². The maximum Gasteiger partial charge on any atom is 0.128 e. The largest absolute Gasteiger partial charge is 0.494 e. The van der Waals surface area contributed by atoms with Gasteiger partial charge in [0.2, 0.25) is 0 Å². The highest BCUT2D eigenvalue weighted by Gasteiger charge is 2.10. The molecule has 0 N–H and O–H groups in total. The summed E-state index contributed by atoms with van der Waals surface area (Å²) in [5.74, 6) is 0.873. The molecule has 0 aliphatic rings. The van der Waals surface area contributed by atoms with Gasteiger partial charge in [0, 0.05) is 5.56 Å². The van der Waals surface area contributed by atoms with E-state index in [-0.39, 0.29) is 0 Å². The molecular formula is C15H16N2OS. The van der Waals surface area contributed by atoms with Crippen molar-refractivity contribution in [2.75, 3.05) is 6.61 Å². The Labute approximate surface area is 117 Å². The summed E-state index contributed by atoms with van der Waals surface area (Å²) >= 11 is 1.45. The summed E-state index contributed by atoms with van der Waals surface area (Å²) in [5, 5.41) is 9.95. The van der Waals surface area contributed by atoms with Crippen molar-refractivity contribution in [3.05, 3.63) is 34.8 Å². The van der Waals surface area contributed by atoms with Gasteiger partial charge in [-0.1, -0.05) is 13.8 Å². The maximum absolute atomic E-state index is 9.05. The van der Waals surface area contributed by atoms with E-state index in [1.165, 1.54) is 11.3 Å². The smallest absolute Gasteiger partial charge is 0.128 e. The first kappa shape index (κ1) is 13.6. The van der Waals surface area contributed by atoms with Crippen LogP contribution in [0.5, 0.6) is 5.75 Å². The highest BCUT2D eigenvalue weighted by molar-refractivity contribution is 7.15. The third-order valence-electron chi connectivity index (χ3n) is 2.71. The highest BCUT2D eigenvalue weighted by atomic mass is 32.1. The number of aromatic nitrogens is 1. The molecule has 0 atom stereocenters. The van der Waals surface area contributed by atoms with Gasteiger partial charge in [0.05, 0.1) is 12.3 Å². The van der Waals surface area contributed by atoms with Crippen molar-refractivity contribution in [3.8, 4) is 22.4 Å². The van der Waals surface area contributed by atoms with Gasteiger partial charge in [0.1, 0.15) is 21.7 Å². The average Bonchev–Trinajstić information content (AvgIpc) is 2.89. The number of ether oxygens (including phenoxy) is 1. The van der Waals surface area contributed by atoms with E-state index in [0.29, 0.717) is 4.88 Å². The Balaban J connectivity index is 2.22. The van der Waals surface area contributed by atoms with Gasteiger partial charge in [-0.15, -0.1) is 11.3 Å². The van der Waals surface area contributed by atoms with Crippen LogP contribution in [-0.4, -0.2) is 11.6 Å². The number of benzene rings is 1. The van der Waals surface area contributed by atoms with Crippen LogP contribution < -0.4 is 4.74 Å². The molecule has 0 spiro atoms. The molecule has 0 unspecified atom stereocenters. The first-order valence-corrected chi connectivity index (χ1v) is 7.23. The van der Waals surface area contributed by atoms with Gasteiger partial charge in [-0.25, -0.2) is 4.98 Å². The molecule has 0 amide bonds. The van der Waals surface area contributed by atoms with Crippen molar-refractivity contribution in [2.24, 2.45) is 0 Å². The Bertz CT molecular complexity index is 581. The molecular weight excluding hydrogens is 256 g/mol. The summed E-state index contributed by atoms with van der Waals surface area (Å²) in [7, 11) is 0. The molecule has 1 aromatic heterocycles. The molecule has 0 fully saturated rings. The average molecular weight is 272 g/mol. The van der Waals surface area contributed by atoms with Crippen LogP contribution in [0.3, 0.4) is 0 Å². The summed E-state index contributed by atoms with van der Waals surface area (Å²) in [6, 6.07) is 10.1. The molecule has 0 saturated heterocycles. The standard InChI is InChI=1S/C15H16N2OS/c1-3-9-18-12-7-5-11(6-8-12)15-17-13(4-2)14(10-16)19-15/h5-8H,3-4,9H2,1-2H3. The van der Waals surface area contributed by atoms with Crippen LogP contribution in [0.4, 0.5) is 0 Å². The molecule has 2 rings (SSSR count). The lowest BCUT2D eigenvalue weighted by Crippen LogP contribution is -1.94. The molecule has 0 radical (unpaired) electrons. The highest BCUT2D eigenvalue weighted by Crippen LogP contribution is 2.29. The van der Waals surface area contributed by atoms with Crippen LogP contribution in [-0.2, 0) is 6.42 Å². The van der Waals surface area contributed by atoms with Crippen LogP contribution in [0.1, 0.15) is 30.8 Å². The lowest BCUT2D eigenvalue weighted by Gasteiger charge is -2.04. The monoisotopic (exact) mass is 272 g/mol. The Morgan fingerprint density at radius 1 is 1.26 bits per heavy atom. The Morgan fingerprint density at radius 2 is 2.00 bits per heavy atom. The van der Waals surface area contributed by atoms with E-state index in [4.69, 9.17) is 10.00 Å². The minimum absolute atomic E-state index is 0.712. The van der Waals surface area contributed by atoms with Crippen molar-refractivity contribution in [2.45, 2.75) is 26.7 Å². The number of aryl methyl sites for hydroxylation is 1. The van der Waals surface area contributed by atoms with E-state index in [1.54, 1.807) is 0 Å². The Hall–Kier alpha value is -1.86. The molecule has 3 nitrogen and oxygen atoms in total. The maximum atomic E-state index is 9.05. The van der Waals surface area contributed by atoms with E-state index in [1.807, 2.05) is 31.2 Å². The fourth-order valence-electron chi connectivity index (χ4n) is 1.72. The summed E-state index contributed by atoms with van der Waals surface area (Å²) in [6.07, 6.45) is 1.79. The molecule has 0 bridgehead atoms. The van der Waals surface area contributed by atoms with Gasteiger partial charge in [0.15, 0.2) is 0 Å². The quantitative estimate of drug-likeness (QED) is 0.825. The lowest BCUT2D eigenvalue weighted by molar-refractivity contribution is 0.317. The SMILES string of the molecule is CCCOc1ccc(-c2nc(CC)c(C#N)s2)cc1. The number of hydrogen-bond acceptors (Lipinski definition) is 4. The van der Waals surface area contributed by atoms with Crippen LogP contribution in [0.15, 0.2) is 24.3 Å². The van der Waals surface area contributed by atoms with E-state index < -0.39 is 0 Å². The van der Waals surface area contributed by atoms with E-state index in [2.05, 4.69) is 18.0 Å². The van der Waals surface area contributed by atoms with Crippen LogP contribution in [0.25, 0.3) is 10.6 Å². The van der Waals surface area contributed by atoms with Crippen molar-refractivity contribution >= 4 is 11.3 Å². The summed E-state index contributed by atoms with van der Waals surface area (Å²) in [4.78, 5) is 5.23. The summed E-state index contributed by atoms with van der Waals surface area (Å²) < 4.78 is 5.55. The first-order chi connectivity index (χ1) is 9.28. The molecule has 0 aliphatic heterocycles. The molecule has 2 aromatic rings. The van der Waals surface area contributed by atoms with Crippen molar-refractivity contribution in [1.82, 2.24) is 4.98 Å². The topological polar surface area (TPSA) is 45.9 Å². The van der Waals surface area contributed by atoms with Gasteiger partial charge < -0.3 is 4.74 Å². The normalized spacial score (nSPS) is 10.2. The minimum Gasteiger partial charge on any atom is -0.494 e. The predicted octanol–water partition coefficient (Wildman–Crippen LogP) is 4.03. The first-order valence-electron chi connectivity index (χ1n) is 6.41. The third kappa shape index (κ3) is 3.12. The van der Waals surface area contributed by atoms with E-state index >= 15 is 0 Å². The number of nitriles is 1. The molecule has 0 aliphatic carbocycles. The molecule has 1 aromatic carbocycles. The zero-order valence-corrected chi connectivity index (χ0v) is 12.0. The Kier molecular flexibility index (Phi) is 4.53. The lowest BCUT2D eigenvalue weighted by atomic mass is 10.2. The molecule has 0 saturated carbocycles. The van der Waals surface area contributed by atoms with E-state index in [9.17, 15) is 0 Å². The van der Waals surface area contributed by atoms with Gasteiger partial charge in [-0.05, 0) is 37.1 Å². The van der Waals surface area contributed by atoms with Gasteiger partial charge in [-0.3, -0.25) is 0 Å². The number of thiazole rings is 1. The molecule has 19 heavy (non-hydrogen) atoms. The van der Waals surface area contributed by atoms with Gasteiger partial charge >= 0.3 is 0 Å². The second-order valence-corrected chi connectivity index (χ2v) is 5.13. The van der Waals surface area contributed by atoms with Crippen molar-refractivity contribution in [3.63, 3.8) is 0 Å². The van der Waals surface area contributed by atoms with E-state index in [0.717, 1.165) is 41.5 Å². The van der Waals surface area contributed by atoms with Crippen molar-refractivity contribution in [1.29, 1.82) is 5.26 Å². The fraction of sp³-hybridized carbons (Fsp3) is 0.333. The second kappa shape index (κ2) is 6.35. The number of nitrogens with zero attached hydrogens (tertiary/aromatic N) is 2. The number of rotatable bonds is 5. The zero-order chi connectivity index (χ0) is 13.7. The third-order valence-corrected chi connectivity index (χ3v) is 3.76. The summed E-state index contributed by atoms with van der Waals surface area (Å²) in [5.41, 5.74) is 1.92. The number of hydrogen-bond donors (Lipinski definition) is 0. The minimum atomic E-state index is 0.712. The molecule has 4 heteroatoms. The van der Waals surface area contributed by atoms with Crippen LogP contribution in [0.2, 0.25) is 0 Å². The zero-order valence-electron chi connectivity index (χ0n) is 11.1. The van der Waals surface area contributed by atoms with Gasteiger partial charge in [-0.2, -0.15) is 5.26 Å². The second-order valence-electron chi connectivity index (χ2n) is 4.13. The van der Waals surface area contributed by atoms with Crippen LogP contribution >= 0.6 is 11.3 Å². The predicted molar refractivity (Wildman–Crippen MR) is 77.4 cm³/mol. The summed E-state index contributed by atoms with van der Waals surface area (Å²) in [6.45, 7) is 4.83. The molecule has 1 heterocycles. The molecule has 98 valence electrons. The van der Waals surface area contributed by atoms with Crippen LogP contribution in [0, 0.1) is 11.3 Å².